The molecule has 1 saturated carbocycles. The summed E-state index contributed by atoms with van der Waals surface area (Å²) in [5.41, 5.74) is 1.91. The van der Waals surface area contributed by atoms with E-state index in [9.17, 15) is 14.4 Å². The van der Waals surface area contributed by atoms with E-state index in [1.54, 1.807) is 4.90 Å². The van der Waals surface area contributed by atoms with Crippen molar-refractivity contribution in [3.63, 3.8) is 0 Å². The van der Waals surface area contributed by atoms with Gasteiger partial charge in [0.15, 0.2) is 0 Å². The van der Waals surface area contributed by atoms with Crippen LogP contribution in [-0.2, 0) is 20.9 Å². The minimum Gasteiger partial charge on any atom is -0.489 e. The number of ether oxygens (including phenoxy) is 2. The molecule has 6 rings (SSSR count). The molecule has 1 aromatic rings. The molecule has 31 heavy (non-hydrogen) atoms. The first-order chi connectivity index (χ1) is 15.0. The predicted molar refractivity (Wildman–Crippen MR) is 109 cm³/mol. The van der Waals surface area contributed by atoms with Crippen LogP contribution < -0.4 is 10.1 Å². The van der Waals surface area contributed by atoms with E-state index in [4.69, 9.17) is 9.47 Å². The molecule has 1 unspecified atom stereocenters. The zero-order valence-electron chi connectivity index (χ0n) is 17.5. The van der Waals surface area contributed by atoms with Crippen LogP contribution in [0, 0.1) is 5.41 Å². The second-order valence-electron chi connectivity index (χ2n) is 9.77. The number of hydrogen-bond donors (Lipinski definition) is 1. The first kappa shape index (κ1) is 19.3. The molecule has 3 saturated heterocycles. The number of nitrogens with one attached hydrogen (secondary N) is 1. The van der Waals surface area contributed by atoms with Crippen LogP contribution in [0.15, 0.2) is 18.2 Å². The molecule has 4 aliphatic heterocycles. The van der Waals surface area contributed by atoms with Gasteiger partial charge in [-0.1, -0.05) is 0 Å². The third-order valence-electron chi connectivity index (χ3n) is 7.56. The fourth-order valence-corrected chi connectivity index (χ4v) is 5.88. The van der Waals surface area contributed by atoms with E-state index in [1.807, 2.05) is 18.2 Å². The zero-order chi connectivity index (χ0) is 21.2. The van der Waals surface area contributed by atoms with Crippen molar-refractivity contribution in [1.82, 2.24) is 15.1 Å². The van der Waals surface area contributed by atoms with Crippen LogP contribution in [0.3, 0.4) is 0 Å². The Morgan fingerprint density at radius 1 is 1.10 bits per heavy atom. The molecular weight excluding hydrogens is 398 g/mol. The van der Waals surface area contributed by atoms with Crippen molar-refractivity contribution in [2.75, 3.05) is 26.3 Å². The Morgan fingerprint density at radius 2 is 1.94 bits per heavy atom. The number of likely N-dealkylation sites (tertiary alicyclic amines) is 1. The molecule has 3 amide bonds. The van der Waals surface area contributed by atoms with E-state index in [0.717, 1.165) is 50.5 Å². The number of imide groups is 1. The number of carbonyl (C=O) groups is 3. The number of hydrogen-bond acceptors (Lipinski definition) is 6. The van der Waals surface area contributed by atoms with Crippen LogP contribution >= 0.6 is 0 Å². The Balaban J connectivity index is 1.13. The molecule has 4 fully saturated rings. The number of carbonyl (C=O) groups excluding carboxylic acids is 3. The van der Waals surface area contributed by atoms with Crippen molar-refractivity contribution in [2.45, 2.75) is 56.8 Å². The summed E-state index contributed by atoms with van der Waals surface area (Å²) in [7, 11) is 0. The van der Waals surface area contributed by atoms with Crippen LogP contribution in [0.4, 0.5) is 0 Å². The van der Waals surface area contributed by atoms with Crippen LogP contribution in [0.2, 0.25) is 0 Å². The zero-order valence-corrected chi connectivity index (χ0v) is 17.5. The highest BCUT2D eigenvalue weighted by Gasteiger charge is 2.52. The molecular formula is C23H27N3O5. The van der Waals surface area contributed by atoms with Crippen molar-refractivity contribution in [3.8, 4) is 5.75 Å². The van der Waals surface area contributed by atoms with Crippen molar-refractivity contribution in [2.24, 2.45) is 5.41 Å². The molecule has 1 spiro atoms. The summed E-state index contributed by atoms with van der Waals surface area (Å²) in [5, 5.41) is 2.34. The highest BCUT2D eigenvalue weighted by Crippen LogP contribution is 2.42. The molecule has 5 aliphatic rings. The van der Waals surface area contributed by atoms with Crippen LogP contribution in [0.25, 0.3) is 0 Å². The summed E-state index contributed by atoms with van der Waals surface area (Å²) in [4.78, 5) is 40.7. The average molecular weight is 425 g/mol. The highest BCUT2D eigenvalue weighted by atomic mass is 16.5. The van der Waals surface area contributed by atoms with Crippen molar-refractivity contribution in [3.05, 3.63) is 29.3 Å². The van der Waals surface area contributed by atoms with Gasteiger partial charge < -0.3 is 14.4 Å². The normalized spacial score (nSPS) is 31.9. The molecule has 4 heterocycles. The van der Waals surface area contributed by atoms with Gasteiger partial charge in [-0.15, -0.1) is 0 Å². The Bertz CT molecular complexity index is 951. The first-order valence-electron chi connectivity index (χ1n) is 11.3. The van der Waals surface area contributed by atoms with Gasteiger partial charge in [-0.2, -0.15) is 0 Å². The molecule has 1 N–H and O–H groups in total. The van der Waals surface area contributed by atoms with Gasteiger partial charge in [0.25, 0.3) is 5.91 Å². The number of amides is 3. The van der Waals surface area contributed by atoms with Crippen molar-refractivity contribution >= 4 is 17.7 Å². The van der Waals surface area contributed by atoms with Crippen LogP contribution in [-0.4, -0.2) is 72.0 Å². The first-order valence-corrected chi connectivity index (χ1v) is 11.3. The molecule has 164 valence electrons. The second kappa shape index (κ2) is 7.03. The maximum Gasteiger partial charge on any atom is 0.255 e. The maximum absolute atomic E-state index is 12.9. The highest BCUT2D eigenvalue weighted by molar-refractivity contribution is 6.05. The minimum atomic E-state index is -0.588. The summed E-state index contributed by atoms with van der Waals surface area (Å²) >= 11 is 0. The Kier molecular flexibility index (Phi) is 4.37. The van der Waals surface area contributed by atoms with Crippen LogP contribution in [0.5, 0.6) is 5.75 Å². The van der Waals surface area contributed by atoms with Gasteiger partial charge in [0.1, 0.15) is 17.9 Å². The van der Waals surface area contributed by atoms with Crippen molar-refractivity contribution in [1.29, 1.82) is 0 Å². The summed E-state index contributed by atoms with van der Waals surface area (Å²) in [5.74, 6) is -0.0174. The molecule has 8 heteroatoms. The van der Waals surface area contributed by atoms with Gasteiger partial charge in [0.2, 0.25) is 11.8 Å². The van der Waals surface area contributed by atoms with E-state index in [-0.39, 0.29) is 30.2 Å². The predicted octanol–water partition coefficient (Wildman–Crippen LogP) is 1.08. The lowest BCUT2D eigenvalue weighted by atomic mass is 9.77. The number of nitrogens with zero attached hydrogens (tertiary/aromatic N) is 2. The fraction of sp³-hybridized carbons (Fsp3) is 0.609. The van der Waals surface area contributed by atoms with E-state index < -0.39 is 6.04 Å². The molecule has 8 nitrogen and oxygen atoms in total. The van der Waals surface area contributed by atoms with Gasteiger partial charge in [0.05, 0.1) is 13.2 Å². The van der Waals surface area contributed by atoms with Gasteiger partial charge in [-0.25, -0.2) is 0 Å². The van der Waals surface area contributed by atoms with Gasteiger partial charge in [-0.3, -0.25) is 24.6 Å². The van der Waals surface area contributed by atoms with Crippen molar-refractivity contribution < 1.29 is 23.9 Å². The average Bonchev–Trinajstić information content (AvgIpc) is 3.24. The molecule has 0 radical (unpaired) electrons. The molecule has 3 atom stereocenters. The summed E-state index contributed by atoms with van der Waals surface area (Å²) < 4.78 is 11.8. The van der Waals surface area contributed by atoms with E-state index in [1.165, 1.54) is 6.42 Å². The number of benzene rings is 1. The molecule has 1 aliphatic carbocycles. The monoisotopic (exact) mass is 425 g/mol. The lowest BCUT2D eigenvalue weighted by molar-refractivity contribution is -0.202. The Hall–Kier alpha value is -2.45. The maximum atomic E-state index is 12.9. The second-order valence-corrected chi connectivity index (χ2v) is 9.77. The lowest BCUT2D eigenvalue weighted by Gasteiger charge is -2.57. The van der Waals surface area contributed by atoms with Crippen LogP contribution in [0.1, 0.15) is 48.0 Å². The summed E-state index contributed by atoms with van der Waals surface area (Å²) in [6.07, 6.45) is 4.18. The number of fused-ring (bicyclic) bond motifs is 1. The largest absolute Gasteiger partial charge is 0.489 e. The summed E-state index contributed by atoms with van der Waals surface area (Å²) in [6, 6.07) is 5.49. The van der Waals surface area contributed by atoms with Gasteiger partial charge >= 0.3 is 0 Å². The molecule has 0 aromatic heterocycles. The smallest absolute Gasteiger partial charge is 0.255 e. The molecule has 0 bridgehead atoms. The summed E-state index contributed by atoms with van der Waals surface area (Å²) in [6.45, 7) is 4.38. The van der Waals surface area contributed by atoms with Gasteiger partial charge in [-0.05, 0) is 49.4 Å². The van der Waals surface area contributed by atoms with E-state index >= 15 is 0 Å². The third kappa shape index (κ3) is 3.15. The lowest BCUT2D eigenvalue weighted by Crippen LogP contribution is -2.69. The standard InChI is InChI=1S/C23H27N3O5/c27-20-7-6-18(21(28)24-20)26-9-14-8-15(4-5-16(14)22(26)29)31-19-3-1-2-17(19)25-10-23(11-25)12-30-13-23/h4-5,8,17-19H,1-3,6-7,9-13H2,(H,24,27,28)/t17-,18?,19+/m0/s1. The quantitative estimate of drug-likeness (QED) is 0.727. The third-order valence-corrected chi connectivity index (χ3v) is 7.56. The molecule has 1 aromatic carbocycles. The Labute approximate surface area is 180 Å². The SMILES string of the molecule is O=C1CCC(N2Cc3cc(O[C@@H]4CCC[C@@H]4N4CC5(COC5)C4)ccc3C2=O)C(=O)N1. The Morgan fingerprint density at radius 3 is 2.68 bits per heavy atom. The topological polar surface area (TPSA) is 88.2 Å². The van der Waals surface area contributed by atoms with E-state index in [2.05, 4.69) is 10.2 Å². The van der Waals surface area contributed by atoms with Gasteiger partial charge in [0, 0.05) is 43.1 Å². The number of piperidine rings is 1. The van der Waals surface area contributed by atoms with E-state index in [0.29, 0.717) is 30.0 Å². The number of rotatable bonds is 4. The fourth-order valence-electron chi connectivity index (χ4n) is 5.88. The minimum absolute atomic E-state index is 0.150.